The smallest absolute Gasteiger partial charge is 0.306 e. The number of carbonyl (C=O) groups is 2. The highest BCUT2D eigenvalue weighted by atomic mass is 31.2. The van der Waals surface area contributed by atoms with Crippen LogP contribution in [0.3, 0.4) is 0 Å². The van der Waals surface area contributed by atoms with Crippen LogP contribution in [0.4, 0.5) is 0 Å². The number of carbonyl (C=O) groups excluding carboxylic acids is 2. The van der Waals surface area contributed by atoms with E-state index < -0.39 is 7.14 Å². The van der Waals surface area contributed by atoms with Crippen molar-refractivity contribution in [1.82, 2.24) is 0 Å². The lowest BCUT2D eigenvalue weighted by Crippen LogP contribution is -2.18. The molecule has 254 valence electrons. The molecule has 0 aliphatic rings. The third-order valence-corrected chi connectivity index (χ3v) is 11.2. The molecular formula is C37H65O6P. The van der Waals surface area contributed by atoms with E-state index in [2.05, 4.69) is 55.4 Å². The summed E-state index contributed by atoms with van der Waals surface area (Å²) in [6.07, 6.45) is 14.1. The zero-order chi connectivity index (χ0) is 33.2. The Labute approximate surface area is 269 Å². The first kappa shape index (κ1) is 40.2. The van der Waals surface area contributed by atoms with Crippen LogP contribution in [-0.2, 0) is 40.6 Å². The lowest BCUT2D eigenvalue weighted by molar-refractivity contribution is -0.144. The first-order valence-corrected chi connectivity index (χ1v) is 19.6. The molecule has 0 aliphatic heterocycles. The standard InChI is InChI=1S/C37H65O6P/c1-9-11-13-15-17-19-23-42-33(38)21-25-44(41,26-22-34(39)43-24-20-18-16-14-12-10-2)29-30-27-31(36(3,4)5)35(40)32(28-30)37(6,7)8/h27-28,40H,9-26,29H2,1-8H3. The van der Waals surface area contributed by atoms with E-state index in [0.717, 1.165) is 55.2 Å². The van der Waals surface area contributed by atoms with Gasteiger partial charge in [-0.15, -0.1) is 0 Å². The molecule has 7 heteroatoms. The van der Waals surface area contributed by atoms with Crippen LogP contribution < -0.4 is 0 Å². The maximum Gasteiger partial charge on any atom is 0.306 e. The van der Waals surface area contributed by atoms with Gasteiger partial charge in [0.15, 0.2) is 0 Å². The number of aromatic hydroxyl groups is 1. The number of phenolic OH excluding ortho intramolecular Hbond substituents is 1. The predicted molar refractivity (Wildman–Crippen MR) is 184 cm³/mol. The number of unbranched alkanes of at least 4 members (excludes halogenated alkanes) is 10. The molecule has 0 atom stereocenters. The average molecular weight is 637 g/mol. The van der Waals surface area contributed by atoms with Crippen LogP contribution in [0.5, 0.6) is 5.75 Å². The number of phenols is 1. The SMILES string of the molecule is CCCCCCCCOC(=O)CCP(=O)(CCC(=O)OCCCCCCCC)Cc1cc(C(C)(C)C)c(O)c(C(C)(C)C)c1. The van der Waals surface area contributed by atoms with Crippen molar-refractivity contribution >= 4 is 19.1 Å². The van der Waals surface area contributed by atoms with Gasteiger partial charge < -0.3 is 19.1 Å². The van der Waals surface area contributed by atoms with Crippen LogP contribution in [0.15, 0.2) is 12.1 Å². The van der Waals surface area contributed by atoms with E-state index in [9.17, 15) is 19.3 Å². The molecule has 0 bridgehead atoms. The van der Waals surface area contributed by atoms with Gasteiger partial charge in [0.05, 0.1) is 33.2 Å². The quantitative estimate of drug-likeness (QED) is 0.0774. The Morgan fingerprint density at radius 2 is 1.02 bits per heavy atom. The summed E-state index contributed by atoms with van der Waals surface area (Å²) < 4.78 is 25.4. The van der Waals surface area contributed by atoms with E-state index in [4.69, 9.17) is 9.47 Å². The molecule has 1 aromatic carbocycles. The lowest BCUT2D eigenvalue weighted by atomic mass is 9.78. The maximum absolute atomic E-state index is 14.5. The Hall–Kier alpha value is -1.81. The van der Waals surface area contributed by atoms with Gasteiger partial charge in [-0.05, 0) is 40.4 Å². The van der Waals surface area contributed by atoms with E-state index >= 15 is 0 Å². The Bertz CT molecular complexity index is 960. The molecule has 0 fully saturated rings. The summed E-state index contributed by atoms with van der Waals surface area (Å²) in [5.74, 6) is -0.387. The summed E-state index contributed by atoms with van der Waals surface area (Å²) in [4.78, 5) is 25.3. The minimum absolute atomic E-state index is 0.0657. The maximum atomic E-state index is 14.5. The van der Waals surface area contributed by atoms with E-state index in [1.165, 1.54) is 38.5 Å². The zero-order valence-corrected chi connectivity index (χ0v) is 30.4. The van der Waals surface area contributed by atoms with Gasteiger partial charge in [-0.25, -0.2) is 0 Å². The largest absolute Gasteiger partial charge is 0.507 e. The van der Waals surface area contributed by atoms with Crippen molar-refractivity contribution in [2.45, 2.75) is 162 Å². The van der Waals surface area contributed by atoms with Crippen molar-refractivity contribution in [2.24, 2.45) is 0 Å². The highest BCUT2D eigenvalue weighted by molar-refractivity contribution is 7.63. The number of rotatable bonds is 22. The van der Waals surface area contributed by atoms with Gasteiger partial charge in [0.2, 0.25) is 0 Å². The van der Waals surface area contributed by atoms with E-state index in [-0.39, 0.29) is 59.8 Å². The summed E-state index contributed by atoms with van der Waals surface area (Å²) in [7, 11) is -3.01. The zero-order valence-electron chi connectivity index (χ0n) is 29.5. The molecule has 0 spiro atoms. The Kier molecular flexibility index (Phi) is 18.6. The molecular weight excluding hydrogens is 571 g/mol. The minimum Gasteiger partial charge on any atom is -0.507 e. The topological polar surface area (TPSA) is 89.9 Å². The summed E-state index contributed by atoms with van der Waals surface area (Å²) in [6.45, 7) is 17.5. The third-order valence-electron chi connectivity index (χ3n) is 8.23. The molecule has 1 rings (SSSR count). The van der Waals surface area contributed by atoms with Crippen molar-refractivity contribution < 1.29 is 28.7 Å². The van der Waals surface area contributed by atoms with Crippen molar-refractivity contribution in [3.05, 3.63) is 28.8 Å². The number of ether oxygens (including phenoxy) is 2. The first-order chi connectivity index (χ1) is 20.6. The lowest BCUT2D eigenvalue weighted by Gasteiger charge is -2.29. The fourth-order valence-corrected chi connectivity index (χ4v) is 7.97. The average Bonchev–Trinajstić information content (AvgIpc) is 2.94. The molecule has 0 heterocycles. The summed E-state index contributed by atoms with van der Waals surface area (Å²) in [5.41, 5.74) is 1.85. The molecule has 0 amide bonds. The molecule has 0 radical (unpaired) electrons. The van der Waals surface area contributed by atoms with Gasteiger partial charge in [0.1, 0.15) is 5.75 Å². The number of hydrogen-bond donors (Lipinski definition) is 1. The van der Waals surface area contributed by atoms with Gasteiger partial charge in [-0.3, -0.25) is 9.59 Å². The monoisotopic (exact) mass is 636 g/mol. The number of hydrogen-bond acceptors (Lipinski definition) is 6. The summed E-state index contributed by atoms with van der Waals surface area (Å²) >= 11 is 0. The molecule has 1 N–H and O–H groups in total. The van der Waals surface area contributed by atoms with Crippen molar-refractivity contribution in [3.63, 3.8) is 0 Å². The second-order valence-corrected chi connectivity index (χ2v) is 18.0. The second-order valence-electron chi connectivity index (χ2n) is 14.7. The fourth-order valence-electron chi connectivity index (χ4n) is 5.40. The molecule has 1 aromatic rings. The van der Waals surface area contributed by atoms with E-state index in [1.807, 2.05) is 12.1 Å². The summed E-state index contributed by atoms with van der Waals surface area (Å²) in [6, 6.07) is 3.90. The number of esters is 2. The first-order valence-electron chi connectivity index (χ1n) is 17.4. The van der Waals surface area contributed by atoms with Crippen molar-refractivity contribution in [2.75, 3.05) is 25.5 Å². The van der Waals surface area contributed by atoms with Crippen LogP contribution in [0.1, 0.15) is 162 Å². The van der Waals surface area contributed by atoms with Crippen LogP contribution >= 0.6 is 7.14 Å². The number of benzene rings is 1. The van der Waals surface area contributed by atoms with Crippen molar-refractivity contribution in [1.29, 1.82) is 0 Å². The van der Waals surface area contributed by atoms with E-state index in [1.54, 1.807) is 0 Å². The highest BCUT2D eigenvalue weighted by Gasteiger charge is 2.30. The molecule has 0 aliphatic carbocycles. The van der Waals surface area contributed by atoms with Gasteiger partial charge in [0, 0.05) is 18.5 Å². The Morgan fingerprint density at radius 1 is 0.659 bits per heavy atom. The molecule has 6 nitrogen and oxygen atoms in total. The normalized spacial score (nSPS) is 12.4. The molecule has 0 aromatic heterocycles. The molecule has 0 saturated heterocycles. The molecule has 44 heavy (non-hydrogen) atoms. The van der Waals surface area contributed by atoms with Gasteiger partial charge in [-0.2, -0.15) is 0 Å². The third kappa shape index (κ3) is 16.5. The predicted octanol–water partition coefficient (Wildman–Crippen LogP) is 10.4. The molecule has 0 unspecified atom stereocenters. The van der Waals surface area contributed by atoms with E-state index in [0.29, 0.717) is 13.2 Å². The van der Waals surface area contributed by atoms with Crippen LogP contribution in [0.2, 0.25) is 0 Å². The van der Waals surface area contributed by atoms with Gasteiger partial charge >= 0.3 is 11.9 Å². The van der Waals surface area contributed by atoms with Gasteiger partial charge in [0.25, 0.3) is 0 Å². The van der Waals surface area contributed by atoms with Crippen LogP contribution in [-0.4, -0.2) is 42.6 Å². The highest BCUT2D eigenvalue weighted by Crippen LogP contribution is 2.52. The Balaban J connectivity index is 2.98. The van der Waals surface area contributed by atoms with Crippen LogP contribution in [0.25, 0.3) is 0 Å². The van der Waals surface area contributed by atoms with Gasteiger partial charge in [-0.1, -0.05) is 132 Å². The van der Waals surface area contributed by atoms with Crippen molar-refractivity contribution in [3.8, 4) is 5.75 Å². The molecule has 0 saturated carbocycles. The van der Waals surface area contributed by atoms with Crippen LogP contribution in [0, 0.1) is 0 Å². The summed E-state index contributed by atoms with van der Waals surface area (Å²) in [5, 5.41) is 11.2. The minimum atomic E-state index is -3.01. The fraction of sp³-hybridized carbons (Fsp3) is 0.784. The second kappa shape index (κ2) is 20.3. The Morgan fingerprint density at radius 3 is 1.39 bits per heavy atom.